The molecule has 0 heterocycles. The zero-order chi connectivity index (χ0) is 14.8. The fraction of sp³-hybridized carbons (Fsp3) is 0.667. The van der Waals surface area contributed by atoms with Gasteiger partial charge in [-0.1, -0.05) is 48.8 Å². The molecule has 2 heteroatoms. The fourth-order valence-corrected chi connectivity index (χ4v) is 3.86. The highest BCUT2D eigenvalue weighted by Crippen LogP contribution is 2.43. The standard InChI is InChI=1S/C18H28BrN/c1-18(2,3)16-7-6-14(12-20)15(11-16)10-13-4-8-17(19)9-5-13/h4-5,8-9,14-16H,6-7,10-12,20H2,1-3H3. The molecule has 1 aliphatic rings. The van der Waals surface area contributed by atoms with E-state index in [4.69, 9.17) is 5.73 Å². The van der Waals surface area contributed by atoms with Crippen molar-refractivity contribution in [3.8, 4) is 0 Å². The lowest BCUT2D eigenvalue weighted by Crippen LogP contribution is -2.36. The third kappa shape index (κ3) is 4.08. The van der Waals surface area contributed by atoms with Crippen LogP contribution in [0.1, 0.15) is 45.6 Å². The molecule has 0 bridgehead atoms. The van der Waals surface area contributed by atoms with Gasteiger partial charge in [0.15, 0.2) is 0 Å². The average molecular weight is 338 g/mol. The molecule has 20 heavy (non-hydrogen) atoms. The summed E-state index contributed by atoms with van der Waals surface area (Å²) in [6.07, 6.45) is 5.17. The minimum atomic E-state index is 0.428. The van der Waals surface area contributed by atoms with Crippen LogP contribution < -0.4 is 5.73 Å². The second-order valence-electron chi connectivity index (χ2n) is 7.46. The second-order valence-corrected chi connectivity index (χ2v) is 8.38. The van der Waals surface area contributed by atoms with E-state index in [1.54, 1.807) is 0 Å². The van der Waals surface area contributed by atoms with E-state index in [0.717, 1.165) is 22.9 Å². The van der Waals surface area contributed by atoms with Crippen LogP contribution in [0.25, 0.3) is 0 Å². The third-order valence-electron chi connectivity index (χ3n) is 5.08. The Morgan fingerprint density at radius 1 is 1.10 bits per heavy atom. The van der Waals surface area contributed by atoms with Crippen LogP contribution in [0.15, 0.2) is 28.7 Å². The van der Waals surface area contributed by atoms with E-state index < -0.39 is 0 Å². The minimum Gasteiger partial charge on any atom is -0.330 e. The van der Waals surface area contributed by atoms with Gasteiger partial charge in [0.2, 0.25) is 0 Å². The van der Waals surface area contributed by atoms with Gasteiger partial charge in [0.25, 0.3) is 0 Å². The highest BCUT2D eigenvalue weighted by molar-refractivity contribution is 9.10. The average Bonchev–Trinajstić information content (AvgIpc) is 2.40. The molecule has 3 atom stereocenters. The Balaban J connectivity index is 2.07. The first-order chi connectivity index (χ1) is 9.40. The molecule has 1 aromatic rings. The number of halogens is 1. The molecule has 0 amide bonds. The van der Waals surface area contributed by atoms with Gasteiger partial charge < -0.3 is 5.73 Å². The van der Waals surface area contributed by atoms with Crippen LogP contribution in [0.3, 0.4) is 0 Å². The van der Waals surface area contributed by atoms with Crippen molar-refractivity contribution < 1.29 is 0 Å². The number of benzene rings is 1. The van der Waals surface area contributed by atoms with E-state index in [-0.39, 0.29) is 0 Å². The Morgan fingerprint density at radius 2 is 1.75 bits per heavy atom. The van der Waals surface area contributed by atoms with Crippen molar-refractivity contribution in [1.29, 1.82) is 0 Å². The maximum atomic E-state index is 6.02. The van der Waals surface area contributed by atoms with Gasteiger partial charge in [-0.2, -0.15) is 0 Å². The largest absolute Gasteiger partial charge is 0.330 e. The Kier molecular flexibility index (Phi) is 5.30. The topological polar surface area (TPSA) is 26.0 Å². The Bertz CT molecular complexity index is 418. The van der Waals surface area contributed by atoms with Crippen LogP contribution in [0.5, 0.6) is 0 Å². The first-order valence-electron chi connectivity index (χ1n) is 7.84. The Labute approximate surface area is 132 Å². The lowest BCUT2D eigenvalue weighted by Gasteiger charge is -2.41. The van der Waals surface area contributed by atoms with Crippen LogP contribution in [0.4, 0.5) is 0 Å². The molecule has 2 N–H and O–H groups in total. The van der Waals surface area contributed by atoms with E-state index >= 15 is 0 Å². The van der Waals surface area contributed by atoms with E-state index in [0.29, 0.717) is 11.3 Å². The van der Waals surface area contributed by atoms with Crippen molar-refractivity contribution in [3.05, 3.63) is 34.3 Å². The number of hydrogen-bond acceptors (Lipinski definition) is 1. The molecule has 3 unspecified atom stereocenters. The minimum absolute atomic E-state index is 0.428. The molecule has 0 radical (unpaired) electrons. The monoisotopic (exact) mass is 337 g/mol. The molecule has 0 saturated heterocycles. The van der Waals surface area contributed by atoms with E-state index in [1.165, 1.54) is 31.2 Å². The highest BCUT2D eigenvalue weighted by Gasteiger charge is 2.35. The summed E-state index contributed by atoms with van der Waals surface area (Å²) < 4.78 is 1.16. The summed E-state index contributed by atoms with van der Waals surface area (Å²) in [6.45, 7) is 8.00. The zero-order valence-electron chi connectivity index (χ0n) is 13.0. The molecular formula is C18H28BrN. The quantitative estimate of drug-likeness (QED) is 0.822. The molecule has 112 valence electrons. The highest BCUT2D eigenvalue weighted by atomic mass is 79.9. The van der Waals surface area contributed by atoms with Gasteiger partial charge >= 0.3 is 0 Å². The smallest absolute Gasteiger partial charge is 0.0175 e. The molecule has 1 aliphatic carbocycles. The summed E-state index contributed by atoms with van der Waals surface area (Å²) in [5, 5.41) is 0. The van der Waals surface area contributed by atoms with Crippen LogP contribution in [-0.4, -0.2) is 6.54 Å². The van der Waals surface area contributed by atoms with Gasteiger partial charge in [0.05, 0.1) is 0 Å². The van der Waals surface area contributed by atoms with E-state index in [1.807, 2.05) is 0 Å². The zero-order valence-corrected chi connectivity index (χ0v) is 14.6. The van der Waals surface area contributed by atoms with Crippen molar-refractivity contribution in [2.75, 3.05) is 6.54 Å². The van der Waals surface area contributed by atoms with Crippen LogP contribution >= 0.6 is 15.9 Å². The summed E-state index contributed by atoms with van der Waals surface area (Å²) in [7, 11) is 0. The first-order valence-corrected chi connectivity index (χ1v) is 8.64. The van der Waals surface area contributed by atoms with Gasteiger partial charge in [-0.15, -0.1) is 0 Å². The molecule has 2 rings (SSSR count). The first kappa shape index (κ1) is 16.0. The predicted molar refractivity (Wildman–Crippen MR) is 90.7 cm³/mol. The molecule has 0 aromatic heterocycles. The Morgan fingerprint density at radius 3 is 2.30 bits per heavy atom. The van der Waals surface area contributed by atoms with Gasteiger partial charge in [0.1, 0.15) is 0 Å². The van der Waals surface area contributed by atoms with Gasteiger partial charge in [-0.3, -0.25) is 0 Å². The van der Waals surface area contributed by atoms with Crippen LogP contribution in [-0.2, 0) is 6.42 Å². The molecule has 0 spiro atoms. The predicted octanol–water partition coefficient (Wildman–Crippen LogP) is 5.03. The molecular weight excluding hydrogens is 310 g/mol. The van der Waals surface area contributed by atoms with Gasteiger partial charge in [-0.05, 0) is 73.1 Å². The lowest BCUT2D eigenvalue weighted by atomic mass is 9.64. The maximum absolute atomic E-state index is 6.02. The molecule has 1 nitrogen and oxygen atoms in total. The van der Waals surface area contributed by atoms with Crippen molar-refractivity contribution >= 4 is 15.9 Å². The summed E-state index contributed by atoms with van der Waals surface area (Å²) in [6, 6.07) is 8.80. The van der Waals surface area contributed by atoms with Crippen LogP contribution in [0, 0.1) is 23.2 Å². The lowest BCUT2D eigenvalue weighted by molar-refractivity contribution is 0.101. The van der Waals surface area contributed by atoms with Crippen molar-refractivity contribution in [2.45, 2.75) is 46.5 Å². The van der Waals surface area contributed by atoms with Crippen molar-refractivity contribution in [1.82, 2.24) is 0 Å². The second kappa shape index (κ2) is 6.62. The molecule has 1 fully saturated rings. The number of rotatable bonds is 3. The summed E-state index contributed by atoms with van der Waals surface area (Å²) >= 11 is 3.51. The summed E-state index contributed by atoms with van der Waals surface area (Å²) in [4.78, 5) is 0. The number of hydrogen-bond donors (Lipinski definition) is 1. The van der Waals surface area contributed by atoms with E-state index in [9.17, 15) is 0 Å². The van der Waals surface area contributed by atoms with Crippen molar-refractivity contribution in [3.63, 3.8) is 0 Å². The maximum Gasteiger partial charge on any atom is 0.0175 e. The van der Waals surface area contributed by atoms with Gasteiger partial charge in [-0.25, -0.2) is 0 Å². The SMILES string of the molecule is CC(C)(C)C1CCC(CN)C(Cc2ccc(Br)cc2)C1. The Hall–Kier alpha value is -0.340. The van der Waals surface area contributed by atoms with Gasteiger partial charge in [0, 0.05) is 4.47 Å². The molecule has 0 aliphatic heterocycles. The summed E-state index contributed by atoms with van der Waals surface area (Å²) in [5.41, 5.74) is 7.90. The molecule has 1 aromatic carbocycles. The molecule has 1 saturated carbocycles. The van der Waals surface area contributed by atoms with E-state index in [2.05, 4.69) is 61.0 Å². The third-order valence-corrected chi connectivity index (χ3v) is 5.61. The number of nitrogens with two attached hydrogens (primary N) is 1. The van der Waals surface area contributed by atoms with Crippen LogP contribution in [0.2, 0.25) is 0 Å². The fourth-order valence-electron chi connectivity index (χ4n) is 3.60. The normalized spacial score (nSPS) is 27.6. The summed E-state index contributed by atoms with van der Waals surface area (Å²) in [5.74, 6) is 2.29. The van der Waals surface area contributed by atoms with Crippen molar-refractivity contribution in [2.24, 2.45) is 28.9 Å².